The average molecular weight is 387 g/mol. The van der Waals surface area contributed by atoms with E-state index in [0.29, 0.717) is 35.9 Å². The van der Waals surface area contributed by atoms with Crippen molar-refractivity contribution in [3.8, 4) is 0 Å². The number of pyridine rings is 1. The molecule has 0 aromatic carbocycles. The van der Waals surface area contributed by atoms with Gasteiger partial charge in [0.25, 0.3) is 0 Å². The van der Waals surface area contributed by atoms with Crippen LogP contribution in [0.4, 0.5) is 0 Å². The molecule has 0 amide bonds. The molecule has 0 spiro atoms. The number of nitrogens with zero attached hydrogens (tertiary/aromatic N) is 2. The number of aromatic nitrogens is 1. The molecule has 2 heteroatoms. The van der Waals surface area contributed by atoms with E-state index in [-0.39, 0.29) is 0 Å². The molecule has 6 unspecified atom stereocenters. The molecule has 2 fully saturated rings. The first kappa shape index (κ1) is 19.1. The summed E-state index contributed by atoms with van der Waals surface area (Å²) in [6, 6.07) is 8.18. The van der Waals surface area contributed by atoms with Gasteiger partial charge in [-0.2, -0.15) is 0 Å². The highest BCUT2D eigenvalue weighted by Crippen LogP contribution is 2.50. The summed E-state index contributed by atoms with van der Waals surface area (Å²) < 4.78 is 0. The van der Waals surface area contributed by atoms with Gasteiger partial charge in [-0.25, -0.2) is 0 Å². The Morgan fingerprint density at radius 1 is 1.10 bits per heavy atom. The second-order valence-corrected chi connectivity index (χ2v) is 9.60. The maximum Gasteiger partial charge on any atom is 0.0569 e. The average Bonchev–Trinajstić information content (AvgIpc) is 3.22. The third-order valence-electron chi connectivity index (χ3n) is 7.65. The smallest absolute Gasteiger partial charge is 0.0569 e. The molecule has 152 valence electrons. The van der Waals surface area contributed by atoms with Crippen LogP contribution in [0.1, 0.15) is 64.0 Å². The Kier molecular flexibility index (Phi) is 5.30. The van der Waals surface area contributed by atoms with Crippen LogP contribution in [-0.2, 0) is 0 Å². The Bertz CT molecular complexity index is 847. The molecule has 0 N–H and O–H groups in total. The van der Waals surface area contributed by atoms with Crippen LogP contribution < -0.4 is 0 Å². The van der Waals surface area contributed by atoms with E-state index in [4.69, 9.17) is 4.98 Å². The number of fused-ring (bicyclic) bond motifs is 2. The number of rotatable bonds is 4. The zero-order valence-electron chi connectivity index (χ0n) is 17.9. The van der Waals surface area contributed by atoms with Gasteiger partial charge in [0, 0.05) is 29.9 Å². The Balaban J connectivity index is 1.55. The molecule has 29 heavy (non-hydrogen) atoms. The van der Waals surface area contributed by atoms with Crippen molar-refractivity contribution in [1.29, 1.82) is 0 Å². The molecule has 2 aliphatic heterocycles. The van der Waals surface area contributed by atoms with Crippen LogP contribution in [0.3, 0.4) is 0 Å². The highest BCUT2D eigenvalue weighted by Gasteiger charge is 2.51. The minimum Gasteiger partial charge on any atom is -0.286 e. The first-order chi connectivity index (χ1) is 14.2. The van der Waals surface area contributed by atoms with E-state index < -0.39 is 0 Å². The van der Waals surface area contributed by atoms with Crippen molar-refractivity contribution >= 4 is 0 Å². The predicted molar refractivity (Wildman–Crippen MR) is 121 cm³/mol. The van der Waals surface area contributed by atoms with Gasteiger partial charge in [-0.1, -0.05) is 56.4 Å². The normalized spacial score (nSPS) is 35.3. The fourth-order valence-corrected chi connectivity index (χ4v) is 6.23. The quantitative estimate of drug-likeness (QED) is 0.612. The minimum atomic E-state index is 0.429. The maximum absolute atomic E-state index is 4.76. The fraction of sp³-hybridized carbons (Fsp3) is 0.519. The lowest BCUT2D eigenvalue weighted by molar-refractivity contribution is 0.210. The third kappa shape index (κ3) is 3.57. The van der Waals surface area contributed by atoms with E-state index in [1.807, 2.05) is 12.3 Å². The van der Waals surface area contributed by atoms with Crippen molar-refractivity contribution in [3.63, 3.8) is 0 Å². The summed E-state index contributed by atoms with van der Waals surface area (Å²) in [7, 11) is 0. The van der Waals surface area contributed by atoms with Crippen LogP contribution in [-0.4, -0.2) is 28.0 Å². The molecular weight excluding hydrogens is 352 g/mol. The lowest BCUT2D eigenvalue weighted by atomic mass is 9.82. The van der Waals surface area contributed by atoms with Gasteiger partial charge in [0.15, 0.2) is 0 Å². The lowest BCUT2D eigenvalue weighted by Gasteiger charge is -2.38. The molecule has 1 aromatic heterocycles. The molecule has 1 aromatic rings. The third-order valence-corrected chi connectivity index (χ3v) is 7.65. The van der Waals surface area contributed by atoms with Crippen LogP contribution in [0.2, 0.25) is 0 Å². The molecule has 2 saturated heterocycles. The van der Waals surface area contributed by atoms with E-state index >= 15 is 0 Å². The van der Waals surface area contributed by atoms with E-state index in [2.05, 4.69) is 67.3 Å². The summed E-state index contributed by atoms with van der Waals surface area (Å²) in [5.74, 6) is 1.86. The van der Waals surface area contributed by atoms with Gasteiger partial charge in [-0.05, 0) is 73.6 Å². The summed E-state index contributed by atoms with van der Waals surface area (Å²) in [4.78, 5) is 7.67. The maximum atomic E-state index is 4.76. The largest absolute Gasteiger partial charge is 0.286 e. The van der Waals surface area contributed by atoms with Gasteiger partial charge >= 0.3 is 0 Å². The molecule has 2 aliphatic carbocycles. The first-order valence-electron chi connectivity index (χ1n) is 11.7. The van der Waals surface area contributed by atoms with Crippen molar-refractivity contribution < 1.29 is 0 Å². The van der Waals surface area contributed by atoms with Gasteiger partial charge in [0.2, 0.25) is 0 Å². The summed E-state index contributed by atoms with van der Waals surface area (Å²) in [5.41, 5.74) is 4.46. The van der Waals surface area contributed by atoms with E-state index in [1.54, 1.807) is 11.1 Å². The van der Waals surface area contributed by atoms with Crippen molar-refractivity contribution in [2.45, 2.75) is 76.4 Å². The molecule has 4 aliphatic rings. The van der Waals surface area contributed by atoms with Crippen LogP contribution in [0, 0.1) is 11.8 Å². The number of allylic oxidation sites excluding steroid dienone is 5. The summed E-state index contributed by atoms with van der Waals surface area (Å²) in [6.45, 7) is 4.80. The van der Waals surface area contributed by atoms with Crippen molar-refractivity contribution in [2.24, 2.45) is 11.8 Å². The van der Waals surface area contributed by atoms with E-state index in [1.165, 1.54) is 44.2 Å². The molecule has 6 atom stereocenters. The Morgan fingerprint density at radius 3 is 2.86 bits per heavy atom. The molecule has 3 heterocycles. The Morgan fingerprint density at radius 2 is 2.03 bits per heavy atom. The molecule has 5 rings (SSSR count). The van der Waals surface area contributed by atoms with Crippen LogP contribution in [0.15, 0.2) is 72.0 Å². The van der Waals surface area contributed by atoms with Crippen LogP contribution >= 0.6 is 0 Å². The lowest BCUT2D eigenvalue weighted by Crippen LogP contribution is -2.43. The Hall–Kier alpha value is -1.93. The van der Waals surface area contributed by atoms with E-state index in [0.717, 1.165) is 0 Å². The number of hydrogen-bond donors (Lipinski definition) is 0. The van der Waals surface area contributed by atoms with Gasteiger partial charge in [-0.3, -0.25) is 9.88 Å². The Labute approximate surface area is 176 Å². The molecule has 0 saturated carbocycles. The highest BCUT2D eigenvalue weighted by atomic mass is 15.3. The predicted octanol–water partition coefficient (Wildman–Crippen LogP) is 6.21. The first-order valence-corrected chi connectivity index (χ1v) is 11.7. The van der Waals surface area contributed by atoms with Gasteiger partial charge in [0.05, 0.1) is 6.04 Å². The number of hydrogen-bond acceptors (Lipinski definition) is 2. The standard InChI is InChI=1S/C27H34N2/c1-19-9-3-5-11-21(17-19)27(23-12-6-4-10-20(23)2)29-22-14-15-26(29)24(18-22)25-13-7-8-16-28-25/h4-8,11-13,16-17,19-20,22,24,26-27H,3,9-10,14-15,18H2,1-2H3. The summed E-state index contributed by atoms with van der Waals surface area (Å²) in [5, 5.41) is 0. The molecule has 0 radical (unpaired) electrons. The monoisotopic (exact) mass is 386 g/mol. The van der Waals surface area contributed by atoms with Gasteiger partial charge < -0.3 is 0 Å². The second-order valence-electron chi connectivity index (χ2n) is 9.60. The SMILES string of the molecule is CC1C=C(C(C2=CC=CCC2C)N2C3CCC2C(c2ccccn2)C3)C=CCC1. The van der Waals surface area contributed by atoms with Gasteiger partial charge in [-0.15, -0.1) is 0 Å². The van der Waals surface area contributed by atoms with Crippen molar-refractivity contribution in [1.82, 2.24) is 9.88 Å². The molecular formula is C27H34N2. The molecule has 2 bridgehead atoms. The highest BCUT2D eigenvalue weighted by molar-refractivity contribution is 5.41. The topological polar surface area (TPSA) is 16.1 Å². The van der Waals surface area contributed by atoms with Crippen LogP contribution in [0.25, 0.3) is 0 Å². The van der Waals surface area contributed by atoms with Gasteiger partial charge in [0.1, 0.15) is 0 Å². The minimum absolute atomic E-state index is 0.429. The zero-order chi connectivity index (χ0) is 19.8. The van der Waals surface area contributed by atoms with Crippen molar-refractivity contribution in [2.75, 3.05) is 0 Å². The summed E-state index contributed by atoms with van der Waals surface area (Å²) in [6.07, 6.45) is 24.0. The van der Waals surface area contributed by atoms with Crippen LogP contribution in [0.5, 0.6) is 0 Å². The fourth-order valence-electron chi connectivity index (χ4n) is 6.23. The summed E-state index contributed by atoms with van der Waals surface area (Å²) >= 11 is 0. The second kappa shape index (κ2) is 8.07. The van der Waals surface area contributed by atoms with Crippen molar-refractivity contribution in [3.05, 3.63) is 77.7 Å². The van der Waals surface area contributed by atoms with E-state index in [9.17, 15) is 0 Å². The molecule has 2 nitrogen and oxygen atoms in total. The zero-order valence-corrected chi connectivity index (χ0v) is 17.9.